The van der Waals surface area contributed by atoms with Gasteiger partial charge in [-0.05, 0) is 41.8 Å². The van der Waals surface area contributed by atoms with Gasteiger partial charge in [-0.1, -0.05) is 24.3 Å². The SMILES string of the molecule is [C-]#[N+]c1ccc2c(c1)c1cccnc1n2-c1cc2ccccc2[nH]1. The first-order chi connectivity index (χ1) is 11.8. The van der Waals surface area contributed by atoms with Crippen LogP contribution in [0.2, 0.25) is 0 Å². The van der Waals surface area contributed by atoms with Crippen LogP contribution >= 0.6 is 0 Å². The zero-order valence-corrected chi connectivity index (χ0v) is 12.7. The smallest absolute Gasteiger partial charge is 0.188 e. The van der Waals surface area contributed by atoms with Crippen LogP contribution in [-0.4, -0.2) is 14.5 Å². The minimum absolute atomic E-state index is 0.641. The Morgan fingerprint density at radius 2 is 1.88 bits per heavy atom. The maximum absolute atomic E-state index is 7.27. The highest BCUT2D eigenvalue weighted by Crippen LogP contribution is 2.33. The lowest BCUT2D eigenvalue weighted by molar-refractivity contribution is 1.09. The lowest BCUT2D eigenvalue weighted by atomic mass is 10.2. The number of fused-ring (bicyclic) bond motifs is 4. The van der Waals surface area contributed by atoms with Crippen LogP contribution in [0.15, 0.2) is 66.9 Å². The number of para-hydroxylation sites is 1. The molecule has 0 spiro atoms. The van der Waals surface area contributed by atoms with Gasteiger partial charge in [0, 0.05) is 22.5 Å². The van der Waals surface area contributed by atoms with E-state index in [1.54, 1.807) is 6.20 Å². The van der Waals surface area contributed by atoms with E-state index in [4.69, 9.17) is 6.57 Å². The highest BCUT2D eigenvalue weighted by atomic mass is 15.1. The second kappa shape index (κ2) is 4.71. The predicted octanol–water partition coefficient (Wildman–Crippen LogP) is 5.21. The third-order valence-electron chi connectivity index (χ3n) is 4.40. The molecule has 3 heterocycles. The van der Waals surface area contributed by atoms with E-state index in [0.29, 0.717) is 5.69 Å². The summed E-state index contributed by atoms with van der Waals surface area (Å²) in [7, 11) is 0. The van der Waals surface area contributed by atoms with Crippen LogP contribution in [0, 0.1) is 6.57 Å². The molecule has 0 aliphatic rings. The van der Waals surface area contributed by atoms with Crippen LogP contribution < -0.4 is 0 Å². The number of rotatable bonds is 1. The Balaban J connectivity index is 1.94. The quantitative estimate of drug-likeness (QED) is 0.424. The predicted molar refractivity (Wildman–Crippen MR) is 96.7 cm³/mol. The molecule has 0 radical (unpaired) electrons. The summed E-state index contributed by atoms with van der Waals surface area (Å²) in [5.41, 5.74) is 3.67. The summed E-state index contributed by atoms with van der Waals surface area (Å²) in [4.78, 5) is 11.6. The number of aromatic amines is 1. The summed E-state index contributed by atoms with van der Waals surface area (Å²) < 4.78 is 2.12. The number of H-pyrrole nitrogens is 1. The minimum Gasteiger partial charge on any atom is -0.341 e. The van der Waals surface area contributed by atoms with Gasteiger partial charge >= 0.3 is 0 Å². The zero-order valence-electron chi connectivity index (χ0n) is 12.7. The van der Waals surface area contributed by atoms with Gasteiger partial charge in [-0.15, -0.1) is 0 Å². The summed E-state index contributed by atoms with van der Waals surface area (Å²) in [6.07, 6.45) is 1.80. The lowest BCUT2D eigenvalue weighted by Crippen LogP contribution is -1.95. The average molecular weight is 308 g/mol. The monoisotopic (exact) mass is 308 g/mol. The van der Waals surface area contributed by atoms with E-state index in [9.17, 15) is 0 Å². The number of nitrogens with one attached hydrogen (secondary N) is 1. The molecular formula is C20H12N4. The molecule has 0 saturated heterocycles. The fraction of sp³-hybridized carbons (Fsp3) is 0. The molecule has 5 rings (SSSR count). The van der Waals surface area contributed by atoms with E-state index in [2.05, 4.69) is 43.6 Å². The summed E-state index contributed by atoms with van der Waals surface area (Å²) in [6, 6.07) is 20.1. The molecule has 0 amide bonds. The van der Waals surface area contributed by atoms with E-state index in [1.165, 1.54) is 0 Å². The van der Waals surface area contributed by atoms with Crippen molar-refractivity contribution in [3.8, 4) is 5.82 Å². The maximum Gasteiger partial charge on any atom is 0.188 e. The van der Waals surface area contributed by atoms with Gasteiger partial charge < -0.3 is 4.98 Å². The van der Waals surface area contributed by atoms with Crippen molar-refractivity contribution >= 4 is 38.5 Å². The van der Waals surface area contributed by atoms with E-state index in [1.807, 2.05) is 36.4 Å². The van der Waals surface area contributed by atoms with Crippen LogP contribution in [0.5, 0.6) is 0 Å². The van der Waals surface area contributed by atoms with Crippen LogP contribution in [0.3, 0.4) is 0 Å². The van der Waals surface area contributed by atoms with Crippen molar-refractivity contribution in [1.82, 2.24) is 14.5 Å². The molecular weight excluding hydrogens is 296 g/mol. The normalized spacial score (nSPS) is 11.3. The zero-order chi connectivity index (χ0) is 16.1. The molecule has 0 saturated carbocycles. The molecule has 0 atom stereocenters. The van der Waals surface area contributed by atoms with Crippen molar-refractivity contribution in [1.29, 1.82) is 0 Å². The Kier molecular flexibility index (Phi) is 2.53. The molecule has 0 aliphatic heterocycles. The number of aromatic nitrogens is 3. The van der Waals surface area contributed by atoms with E-state index in [0.717, 1.165) is 38.7 Å². The number of pyridine rings is 1. The van der Waals surface area contributed by atoms with Gasteiger partial charge in [0.1, 0.15) is 11.5 Å². The van der Waals surface area contributed by atoms with Gasteiger partial charge in [-0.3, -0.25) is 4.57 Å². The topological polar surface area (TPSA) is 38.0 Å². The Bertz CT molecular complexity index is 1230. The Labute approximate surface area is 137 Å². The highest BCUT2D eigenvalue weighted by Gasteiger charge is 2.14. The molecule has 24 heavy (non-hydrogen) atoms. The van der Waals surface area contributed by atoms with Crippen LogP contribution in [0.1, 0.15) is 0 Å². The number of hydrogen-bond acceptors (Lipinski definition) is 1. The molecule has 3 aromatic heterocycles. The fourth-order valence-electron chi connectivity index (χ4n) is 3.33. The van der Waals surface area contributed by atoms with Gasteiger partial charge in [-0.25, -0.2) is 9.83 Å². The number of hydrogen-bond donors (Lipinski definition) is 1. The van der Waals surface area contributed by atoms with E-state index in [-0.39, 0.29) is 0 Å². The summed E-state index contributed by atoms with van der Waals surface area (Å²) in [5.74, 6) is 0.977. The molecule has 5 aromatic rings. The average Bonchev–Trinajstić information content (AvgIpc) is 3.19. The molecule has 0 aliphatic carbocycles. The summed E-state index contributed by atoms with van der Waals surface area (Å²) >= 11 is 0. The van der Waals surface area contributed by atoms with Crippen LogP contribution in [0.4, 0.5) is 5.69 Å². The van der Waals surface area contributed by atoms with Crippen molar-refractivity contribution in [2.75, 3.05) is 0 Å². The van der Waals surface area contributed by atoms with Gasteiger partial charge in [0.05, 0.1) is 12.1 Å². The second-order valence-electron chi connectivity index (χ2n) is 5.77. The van der Waals surface area contributed by atoms with Crippen molar-refractivity contribution in [3.05, 3.63) is 78.3 Å². The largest absolute Gasteiger partial charge is 0.341 e. The molecule has 0 unspecified atom stereocenters. The highest BCUT2D eigenvalue weighted by molar-refractivity contribution is 6.09. The number of benzene rings is 2. The Hall–Kier alpha value is -3.58. The van der Waals surface area contributed by atoms with Gasteiger partial charge in [0.25, 0.3) is 0 Å². The fourth-order valence-corrected chi connectivity index (χ4v) is 3.33. The molecule has 112 valence electrons. The lowest BCUT2D eigenvalue weighted by Gasteiger charge is -2.03. The number of nitrogens with zero attached hydrogens (tertiary/aromatic N) is 3. The second-order valence-corrected chi connectivity index (χ2v) is 5.77. The molecule has 4 nitrogen and oxygen atoms in total. The first kappa shape index (κ1) is 12.9. The Morgan fingerprint density at radius 3 is 2.75 bits per heavy atom. The van der Waals surface area contributed by atoms with Crippen molar-refractivity contribution < 1.29 is 0 Å². The van der Waals surface area contributed by atoms with Crippen molar-refractivity contribution in [2.24, 2.45) is 0 Å². The third-order valence-corrected chi connectivity index (χ3v) is 4.40. The molecule has 4 heteroatoms. The molecule has 0 bridgehead atoms. The maximum atomic E-state index is 7.27. The molecule has 1 N–H and O–H groups in total. The minimum atomic E-state index is 0.641. The van der Waals surface area contributed by atoms with E-state index < -0.39 is 0 Å². The Morgan fingerprint density at radius 1 is 0.958 bits per heavy atom. The first-order valence-electron chi connectivity index (χ1n) is 7.70. The van der Waals surface area contributed by atoms with Crippen LogP contribution in [0.25, 0.3) is 43.5 Å². The van der Waals surface area contributed by atoms with E-state index >= 15 is 0 Å². The first-order valence-corrected chi connectivity index (χ1v) is 7.70. The summed E-state index contributed by atoms with van der Waals surface area (Å²) in [5, 5.41) is 3.26. The standard InChI is InChI=1S/C20H12N4/c1-21-14-8-9-18-16(12-14)15-6-4-10-22-20(15)24(18)19-11-13-5-2-3-7-17(13)23-19/h2-12,23H. The third kappa shape index (κ3) is 1.70. The van der Waals surface area contributed by atoms with Crippen molar-refractivity contribution in [2.45, 2.75) is 0 Å². The van der Waals surface area contributed by atoms with Crippen LogP contribution in [-0.2, 0) is 0 Å². The van der Waals surface area contributed by atoms with Gasteiger partial charge in [-0.2, -0.15) is 0 Å². The van der Waals surface area contributed by atoms with Crippen molar-refractivity contribution in [3.63, 3.8) is 0 Å². The molecule has 2 aromatic carbocycles. The summed E-state index contributed by atoms with van der Waals surface area (Å²) in [6.45, 7) is 7.27. The van der Waals surface area contributed by atoms with Gasteiger partial charge in [0.2, 0.25) is 0 Å². The van der Waals surface area contributed by atoms with Gasteiger partial charge in [0.15, 0.2) is 5.69 Å². The molecule has 0 fully saturated rings.